The molecule has 1 aromatic carbocycles. The summed E-state index contributed by atoms with van der Waals surface area (Å²) in [6, 6.07) is 9.32. The van der Waals surface area contributed by atoms with E-state index < -0.39 is 0 Å². The minimum atomic E-state index is -0.0643. The van der Waals surface area contributed by atoms with E-state index in [-0.39, 0.29) is 12.0 Å². The van der Waals surface area contributed by atoms with Gasteiger partial charge in [-0.15, -0.1) is 21.5 Å². The Morgan fingerprint density at radius 2 is 2.15 bits per heavy atom. The summed E-state index contributed by atoms with van der Waals surface area (Å²) in [4.78, 5) is 20.7. The van der Waals surface area contributed by atoms with Gasteiger partial charge in [0.15, 0.2) is 5.82 Å². The van der Waals surface area contributed by atoms with E-state index in [4.69, 9.17) is 4.74 Å². The number of anilines is 1. The summed E-state index contributed by atoms with van der Waals surface area (Å²) >= 11 is 1.54. The van der Waals surface area contributed by atoms with Gasteiger partial charge < -0.3 is 14.5 Å². The van der Waals surface area contributed by atoms with E-state index >= 15 is 0 Å². The number of carbonyl (C=O) groups is 1. The van der Waals surface area contributed by atoms with E-state index in [1.807, 2.05) is 54.2 Å². The van der Waals surface area contributed by atoms with Gasteiger partial charge in [0.2, 0.25) is 5.88 Å². The Labute approximate surface area is 155 Å². The largest absolute Gasteiger partial charge is 0.471 e. The second kappa shape index (κ2) is 6.87. The monoisotopic (exact) mass is 369 g/mol. The van der Waals surface area contributed by atoms with Crippen LogP contribution in [0.5, 0.6) is 5.88 Å². The third-order valence-corrected chi connectivity index (χ3v) is 5.17. The number of hydrogen-bond donors (Lipinski definition) is 0. The van der Waals surface area contributed by atoms with Gasteiger partial charge in [0.1, 0.15) is 6.10 Å². The quantitative estimate of drug-likeness (QED) is 0.703. The zero-order chi connectivity index (χ0) is 18.1. The molecule has 1 amide bonds. The Bertz CT molecular complexity index is 925. The van der Waals surface area contributed by atoms with Crippen LogP contribution in [0.25, 0.3) is 10.2 Å². The number of amides is 1. The third kappa shape index (κ3) is 3.32. The fraction of sp³-hybridized carbons (Fsp3) is 0.333. The Morgan fingerprint density at radius 1 is 1.27 bits per heavy atom. The molecule has 0 bridgehead atoms. The molecule has 1 aliphatic rings. The zero-order valence-electron chi connectivity index (χ0n) is 14.6. The molecule has 0 saturated carbocycles. The first-order valence-corrected chi connectivity index (χ1v) is 9.28. The molecule has 1 unspecified atom stereocenters. The van der Waals surface area contributed by atoms with Crippen LogP contribution < -0.4 is 9.64 Å². The summed E-state index contributed by atoms with van der Waals surface area (Å²) in [7, 11) is 3.82. The highest BCUT2D eigenvalue weighted by Gasteiger charge is 2.28. The molecular formula is C18H19N5O2S. The summed E-state index contributed by atoms with van der Waals surface area (Å²) in [6.45, 7) is 1.23. The number of thiazole rings is 1. The zero-order valence-corrected chi connectivity index (χ0v) is 15.4. The highest BCUT2D eigenvalue weighted by atomic mass is 32.1. The van der Waals surface area contributed by atoms with Gasteiger partial charge in [-0.2, -0.15) is 0 Å². The second-order valence-electron chi connectivity index (χ2n) is 6.44. The van der Waals surface area contributed by atoms with Gasteiger partial charge in [-0.25, -0.2) is 4.98 Å². The van der Waals surface area contributed by atoms with Crippen molar-refractivity contribution >= 4 is 33.3 Å². The lowest BCUT2D eigenvalue weighted by molar-refractivity contribution is 0.0771. The van der Waals surface area contributed by atoms with Crippen LogP contribution in [0.4, 0.5) is 5.82 Å². The van der Waals surface area contributed by atoms with Crippen molar-refractivity contribution in [2.45, 2.75) is 12.5 Å². The van der Waals surface area contributed by atoms with Gasteiger partial charge in [-0.3, -0.25) is 4.79 Å². The molecule has 0 aliphatic carbocycles. The Balaban J connectivity index is 1.40. The van der Waals surface area contributed by atoms with Crippen LogP contribution in [0.3, 0.4) is 0 Å². The van der Waals surface area contributed by atoms with Gasteiger partial charge in [0.05, 0.1) is 22.3 Å². The molecule has 26 heavy (non-hydrogen) atoms. The van der Waals surface area contributed by atoms with E-state index in [0.29, 0.717) is 24.5 Å². The second-order valence-corrected chi connectivity index (χ2v) is 7.33. The minimum Gasteiger partial charge on any atom is -0.471 e. The van der Waals surface area contributed by atoms with Crippen LogP contribution in [0.2, 0.25) is 0 Å². The maximum absolute atomic E-state index is 12.8. The standard InChI is InChI=1S/C18H19N5O2S/c1-22(2)16-5-6-17(21-20-16)25-13-7-8-23(10-13)18(24)12-3-4-14-15(9-12)26-11-19-14/h3-6,9,11,13H,7-8,10H2,1-2H3. The van der Waals surface area contributed by atoms with Gasteiger partial charge in [0.25, 0.3) is 5.91 Å². The van der Waals surface area contributed by atoms with E-state index in [1.165, 1.54) is 0 Å². The molecule has 0 N–H and O–H groups in total. The summed E-state index contributed by atoms with van der Waals surface area (Å²) < 4.78 is 6.92. The van der Waals surface area contributed by atoms with Gasteiger partial charge in [0, 0.05) is 38.7 Å². The molecule has 7 nitrogen and oxygen atoms in total. The number of fused-ring (bicyclic) bond motifs is 1. The van der Waals surface area contributed by atoms with Crippen molar-refractivity contribution in [1.82, 2.24) is 20.1 Å². The molecule has 134 valence electrons. The van der Waals surface area contributed by atoms with Crippen molar-refractivity contribution in [3.63, 3.8) is 0 Å². The molecule has 3 aromatic rings. The van der Waals surface area contributed by atoms with Gasteiger partial charge >= 0.3 is 0 Å². The van der Waals surface area contributed by atoms with Crippen LogP contribution in [0.1, 0.15) is 16.8 Å². The molecule has 8 heteroatoms. The lowest BCUT2D eigenvalue weighted by Gasteiger charge is -2.17. The molecule has 0 radical (unpaired) electrons. The van der Waals surface area contributed by atoms with Crippen molar-refractivity contribution in [3.8, 4) is 5.88 Å². The lowest BCUT2D eigenvalue weighted by atomic mass is 10.2. The number of rotatable bonds is 4. The Kier molecular flexibility index (Phi) is 4.42. The fourth-order valence-electron chi connectivity index (χ4n) is 2.96. The molecule has 1 atom stereocenters. The van der Waals surface area contributed by atoms with Crippen molar-refractivity contribution in [1.29, 1.82) is 0 Å². The van der Waals surface area contributed by atoms with E-state index in [9.17, 15) is 4.79 Å². The average molecular weight is 369 g/mol. The smallest absolute Gasteiger partial charge is 0.254 e. The average Bonchev–Trinajstić information content (AvgIpc) is 3.30. The third-order valence-electron chi connectivity index (χ3n) is 4.38. The summed E-state index contributed by atoms with van der Waals surface area (Å²) in [5.74, 6) is 1.29. The molecule has 0 spiro atoms. The Morgan fingerprint density at radius 3 is 2.92 bits per heavy atom. The minimum absolute atomic E-state index is 0.0282. The first-order chi connectivity index (χ1) is 12.6. The summed E-state index contributed by atoms with van der Waals surface area (Å²) in [5.41, 5.74) is 3.41. The van der Waals surface area contributed by atoms with Gasteiger partial charge in [-0.05, 0) is 24.3 Å². The number of ether oxygens (including phenoxy) is 1. The topological polar surface area (TPSA) is 71.5 Å². The molecule has 2 aromatic heterocycles. The van der Waals surface area contributed by atoms with Crippen LogP contribution in [0.15, 0.2) is 35.8 Å². The van der Waals surface area contributed by atoms with Crippen molar-refractivity contribution in [3.05, 3.63) is 41.4 Å². The first-order valence-electron chi connectivity index (χ1n) is 8.40. The number of likely N-dealkylation sites (tertiary alicyclic amines) is 1. The predicted molar refractivity (Wildman–Crippen MR) is 101 cm³/mol. The predicted octanol–water partition coefficient (Wildman–Crippen LogP) is 2.45. The highest BCUT2D eigenvalue weighted by molar-refractivity contribution is 7.16. The van der Waals surface area contributed by atoms with E-state index in [1.54, 1.807) is 16.8 Å². The summed E-state index contributed by atoms with van der Waals surface area (Å²) in [6.07, 6.45) is 0.719. The highest BCUT2D eigenvalue weighted by Crippen LogP contribution is 2.23. The van der Waals surface area contributed by atoms with Crippen LogP contribution in [0, 0.1) is 0 Å². The summed E-state index contributed by atoms with van der Waals surface area (Å²) in [5, 5.41) is 8.21. The SMILES string of the molecule is CN(C)c1ccc(OC2CCN(C(=O)c3ccc4ncsc4c3)C2)nn1. The van der Waals surface area contributed by atoms with Crippen LogP contribution in [-0.2, 0) is 0 Å². The number of aromatic nitrogens is 3. The maximum Gasteiger partial charge on any atom is 0.254 e. The normalized spacial score (nSPS) is 16.8. The number of nitrogens with zero attached hydrogens (tertiary/aromatic N) is 5. The molecule has 1 saturated heterocycles. The Hall–Kier alpha value is -2.74. The van der Waals surface area contributed by atoms with E-state index in [0.717, 1.165) is 22.5 Å². The molecule has 1 fully saturated rings. The van der Waals surface area contributed by atoms with Crippen LogP contribution in [-0.4, -0.2) is 59.3 Å². The van der Waals surface area contributed by atoms with Crippen LogP contribution >= 0.6 is 11.3 Å². The van der Waals surface area contributed by atoms with Crippen molar-refractivity contribution in [2.75, 3.05) is 32.1 Å². The number of benzene rings is 1. The first kappa shape index (κ1) is 16.7. The fourth-order valence-corrected chi connectivity index (χ4v) is 3.68. The molecule has 4 rings (SSSR count). The number of carbonyl (C=O) groups excluding carboxylic acids is 1. The van der Waals surface area contributed by atoms with E-state index in [2.05, 4.69) is 15.2 Å². The number of hydrogen-bond acceptors (Lipinski definition) is 7. The molecule has 3 heterocycles. The maximum atomic E-state index is 12.8. The molecule has 1 aliphatic heterocycles. The molecular weight excluding hydrogens is 350 g/mol. The van der Waals surface area contributed by atoms with Crippen molar-refractivity contribution in [2.24, 2.45) is 0 Å². The van der Waals surface area contributed by atoms with Crippen molar-refractivity contribution < 1.29 is 9.53 Å². The van der Waals surface area contributed by atoms with Gasteiger partial charge in [-0.1, -0.05) is 0 Å². The lowest BCUT2D eigenvalue weighted by Crippen LogP contribution is -2.31.